The zero-order valence-corrected chi connectivity index (χ0v) is 24.1. The third-order valence-electron chi connectivity index (χ3n) is 5.38. The number of carbonyl (C=O) groups is 2. The number of amides is 2. The number of halogens is 11. The SMILES string of the molecule is CN(C(=O)c1cccnc1Cl)c1cccc(C(=O)N(I)c2ccc(C(F)(C(F)(F)F)C(F)(F)F)cc2I)c1F. The number of hydrogen-bond acceptors (Lipinski definition) is 3. The van der Waals surface area contributed by atoms with Crippen LogP contribution in [0.3, 0.4) is 0 Å². The quantitative estimate of drug-likeness (QED) is 0.114. The Kier molecular flexibility index (Phi) is 9.06. The van der Waals surface area contributed by atoms with E-state index in [1.807, 2.05) is 0 Å². The Morgan fingerprint density at radius 3 is 2.00 bits per heavy atom. The molecule has 0 aliphatic rings. The molecule has 16 heteroatoms. The molecule has 0 spiro atoms. The molecule has 0 saturated heterocycles. The van der Waals surface area contributed by atoms with Crippen molar-refractivity contribution < 1.29 is 44.7 Å². The molecular formula is C23H12ClF8I2N3O2. The number of aromatic nitrogens is 1. The smallest absolute Gasteiger partial charge is 0.309 e. The molecule has 208 valence electrons. The third-order valence-corrected chi connectivity index (χ3v) is 7.50. The van der Waals surface area contributed by atoms with Crippen molar-refractivity contribution in [2.75, 3.05) is 15.1 Å². The number of rotatable bonds is 5. The van der Waals surface area contributed by atoms with Crippen LogP contribution in [0.2, 0.25) is 5.15 Å². The predicted molar refractivity (Wildman–Crippen MR) is 143 cm³/mol. The van der Waals surface area contributed by atoms with E-state index in [2.05, 4.69) is 4.98 Å². The first kappa shape index (κ1) is 31.3. The van der Waals surface area contributed by atoms with Gasteiger partial charge in [-0.25, -0.2) is 16.9 Å². The number of carbonyl (C=O) groups excluding carboxylic acids is 2. The van der Waals surface area contributed by atoms with Crippen molar-refractivity contribution in [3.63, 3.8) is 0 Å². The molecule has 39 heavy (non-hydrogen) atoms. The largest absolute Gasteiger partial charge is 0.435 e. The average Bonchev–Trinajstić information content (AvgIpc) is 2.85. The van der Waals surface area contributed by atoms with Crippen LogP contribution < -0.4 is 8.01 Å². The van der Waals surface area contributed by atoms with E-state index in [-0.39, 0.29) is 31.7 Å². The van der Waals surface area contributed by atoms with Gasteiger partial charge < -0.3 is 4.90 Å². The van der Waals surface area contributed by atoms with Gasteiger partial charge in [0.15, 0.2) is 5.82 Å². The highest BCUT2D eigenvalue weighted by Crippen LogP contribution is 2.53. The van der Waals surface area contributed by atoms with E-state index in [4.69, 9.17) is 11.6 Å². The first-order chi connectivity index (χ1) is 17.9. The fraction of sp³-hybridized carbons (Fsp3) is 0.174. The van der Waals surface area contributed by atoms with Crippen LogP contribution in [0.1, 0.15) is 26.3 Å². The van der Waals surface area contributed by atoms with Gasteiger partial charge in [0.25, 0.3) is 11.8 Å². The first-order valence-corrected chi connectivity index (χ1v) is 12.6. The van der Waals surface area contributed by atoms with Gasteiger partial charge in [-0.1, -0.05) is 23.7 Å². The summed E-state index contributed by atoms with van der Waals surface area (Å²) in [5.74, 6) is -2.97. The van der Waals surface area contributed by atoms with Gasteiger partial charge in [-0.3, -0.25) is 9.59 Å². The average molecular weight is 804 g/mol. The van der Waals surface area contributed by atoms with E-state index < -0.39 is 46.8 Å². The van der Waals surface area contributed by atoms with Gasteiger partial charge in [0.05, 0.1) is 45.4 Å². The Labute approximate surface area is 247 Å². The van der Waals surface area contributed by atoms with E-state index in [0.29, 0.717) is 12.1 Å². The maximum Gasteiger partial charge on any atom is 0.435 e. The van der Waals surface area contributed by atoms with E-state index in [1.54, 1.807) is 0 Å². The molecule has 0 radical (unpaired) electrons. The summed E-state index contributed by atoms with van der Waals surface area (Å²) in [6.07, 6.45) is -11.3. The Balaban J connectivity index is 1.97. The molecule has 2 amide bonds. The van der Waals surface area contributed by atoms with Crippen molar-refractivity contribution in [1.29, 1.82) is 0 Å². The van der Waals surface area contributed by atoms with E-state index >= 15 is 4.39 Å². The lowest BCUT2D eigenvalue weighted by Gasteiger charge is -2.31. The van der Waals surface area contributed by atoms with Crippen molar-refractivity contribution >= 4 is 80.2 Å². The maximum absolute atomic E-state index is 15.4. The molecule has 0 bridgehead atoms. The summed E-state index contributed by atoms with van der Waals surface area (Å²) in [6, 6.07) is 7.51. The van der Waals surface area contributed by atoms with Crippen LogP contribution in [0, 0.1) is 9.39 Å². The Morgan fingerprint density at radius 1 is 0.872 bits per heavy atom. The molecular weight excluding hydrogens is 792 g/mol. The third kappa shape index (κ3) is 5.79. The normalized spacial score (nSPS) is 12.3. The lowest BCUT2D eigenvalue weighted by molar-refractivity contribution is -0.348. The standard InChI is InChI=1S/C23H12ClF8I2N3O2/c1-36(19(38)13-5-3-9-35-18(13)24)16-6-2-4-12(17(16)25)20(39)37(34)15-8-7-11(10-14(15)33)21(26,22(27,28)29)23(30,31)32/h2-10H,1H3. The number of nitrogens with zero attached hydrogens (tertiary/aromatic N) is 3. The topological polar surface area (TPSA) is 53.5 Å². The van der Waals surface area contributed by atoms with E-state index in [1.165, 1.54) is 83.0 Å². The highest BCUT2D eigenvalue weighted by molar-refractivity contribution is 14.1. The highest BCUT2D eigenvalue weighted by Gasteiger charge is 2.73. The Morgan fingerprint density at radius 2 is 1.46 bits per heavy atom. The molecule has 0 unspecified atom stereocenters. The number of alkyl halides is 7. The van der Waals surface area contributed by atoms with Crippen molar-refractivity contribution in [2.24, 2.45) is 0 Å². The molecule has 5 nitrogen and oxygen atoms in total. The van der Waals surface area contributed by atoms with Gasteiger partial charge in [-0.15, -0.1) is 0 Å². The van der Waals surface area contributed by atoms with Gasteiger partial charge in [0.2, 0.25) is 0 Å². The number of hydrogen-bond donors (Lipinski definition) is 0. The fourth-order valence-corrected chi connectivity index (χ4v) is 5.46. The van der Waals surface area contributed by atoms with Gasteiger partial charge >= 0.3 is 18.0 Å². The zero-order valence-electron chi connectivity index (χ0n) is 19.0. The fourth-order valence-electron chi connectivity index (χ4n) is 3.36. The summed E-state index contributed by atoms with van der Waals surface area (Å²) in [5.41, 5.74) is -8.61. The van der Waals surface area contributed by atoms with Crippen molar-refractivity contribution in [3.05, 3.63) is 86.0 Å². The molecule has 0 saturated carbocycles. The Bertz CT molecular complexity index is 1420. The molecule has 3 rings (SSSR count). The van der Waals surface area contributed by atoms with Crippen LogP contribution in [-0.4, -0.2) is 36.2 Å². The van der Waals surface area contributed by atoms with Crippen LogP contribution in [0.5, 0.6) is 0 Å². The predicted octanol–water partition coefficient (Wildman–Crippen LogP) is 8.04. The summed E-state index contributed by atoms with van der Waals surface area (Å²) >= 11 is 8.62. The van der Waals surface area contributed by atoms with E-state index in [9.17, 15) is 40.3 Å². The molecule has 0 aliphatic heterocycles. The van der Waals surface area contributed by atoms with Crippen LogP contribution >= 0.6 is 57.1 Å². The number of anilines is 2. The van der Waals surface area contributed by atoms with Gasteiger partial charge in [-0.05, 0) is 59.0 Å². The molecule has 1 heterocycles. The monoisotopic (exact) mass is 803 g/mol. The van der Waals surface area contributed by atoms with Gasteiger partial charge in [0, 0.05) is 22.4 Å². The molecule has 0 atom stereocenters. The van der Waals surface area contributed by atoms with Crippen LogP contribution in [-0.2, 0) is 5.67 Å². The molecule has 0 N–H and O–H groups in total. The molecule has 2 aromatic carbocycles. The van der Waals surface area contributed by atoms with Crippen molar-refractivity contribution in [2.45, 2.75) is 18.0 Å². The Hall–Kier alpha value is -2.28. The summed E-state index contributed by atoms with van der Waals surface area (Å²) in [5, 5.41) is -0.146. The molecule has 1 aromatic heterocycles. The summed E-state index contributed by atoms with van der Waals surface area (Å²) in [6.45, 7) is 0. The minimum absolute atomic E-state index is 0.0513. The summed E-state index contributed by atoms with van der Waals surface area (Å²) in [4.78, 5) is 30.5. The van der Waals surface area contributed by atoms with Crippen LogP contribution in [0.4, 0.5) is 46.5 Å². The molecule has 0 fully saturated rings. The van der Waals surface area contributed by atoms with Crippen molar-refractivity contribution in [1.82, 2.24) is 4.98 Å². The zero-order chi connectivity index (χ0) is 29.5. The second kappa shape index (κ2) is 11.3. The lowest BCUT2D eigenvalue weighted by atomic mass is 9.94. The first-order valence-electron chi connectivity index (χ1n) is 10.2. The lowest BCUT2D eigenvalue weighted by Crippen LogP contribution is -2.50. The second-order valence-corrected chi connectivity index (χ2v) is 10.2. The maximum atomic E-state index is 15.4. The minimum Gasteiger partial charge on any atom is -0.309 e. The number of benzene rings is 2. The van der Waals surface area contributed by atoms with Gasteiger partial charge in [0.1, 0.15) is 5.15 Å². The van der Waals surface area contributed by atoms with Crippen LogP contribution in [0.15, 0.2) is 54.7 Å². The van der Waals surface area contributed by atoms with Crippen LogP contribution in [0.25, 0.3) is 0 Å². The highest BCUT2D eigenvalue weighted by atomic mass is 127. The summed E-state index contributed by atoms with van der Waals surface area (Å²) < 4.78 is 109. The second-order valence-electron chi connectivity index (χ2n) is 7.75. The summed E-state index contributed by atoms with van der Waals surface area (Å²) in [7, 11) is 1.21. The van der Waals surface area contributed by atoms with E-state index in [0.717, 1.165) is 14.1 Å². The number of pyridine rings is 1. The van der Waals surface area contributed by atoms with Crippen molar-refractivity contribution in [3.8, 4) is 0 Å². The van der Waals surface area contributed by atoms with Gasteiger partial charge in [-0.2, -0.15) is 26.3 Å². The molecule has 3 aromatic rings. The minimum atomic E-state index is -6.32. The molecule has 0 aliphatic carbocycles.